The third kappa shape index (κ3) is 3.95. The highest BCUT2D eigenvalue weighted by Crippen LogP contribution is 2.45. The van der Waals surface area contributed by atoms with Crippen LogP contribution < -0.4 is 0 Å². The molecule has 2 aliphatic heterocycles. The van der Waals surface area contributed by atoms with Crippen molar-refractivity contribution < 1.29 is 9.53 Å². The Morgan fingerprint density at radius 1 is 1.32 bits per heavy atom. The van der Waals surface area contributed by atoms with E-state index in [1.807, 2.05) is 7.11 Å². The van der Waals surface area contributed by atoms with Crippen LogP contribution in [0.5, 0.6) is 0 Å². The summed E-state index contributed by atoms with van der Waals surface area (Å²) in [7, 11) is 1.82. The Balaban J connectivity index is 1.38. The van der Waals surface area contributed by atoms with Crippen LogP contribution in [0.2, 0.25) is 0 Å². The summed E-state index contributed by atoms with van der Waals surface area (Å²) in [6, 6.07) is 0. The first kappa shape index (κ1) is 17.5. The van der Waals surface area contributed by atoms with Crippen molar-refractivity contribution in [2.45, 2.75) is 51.4 Å². The van der Waals surface area contributed by atoms with Crippen LogP contribution in [0.4, 0.5) is 0 Å². The highest BCUT2D eigenvalue weighted by atomic mass is 16.5. The largest absolute Gasteiger partial charge is 0.384 e. The molecule has 1 spiro atoms. The SMILES string of the molecule is COC[C@H]1CN(CC2CC2)C[C@@]12CCN(C(=O)CC1=CCCCC1)C2. The lowest BCUT2D eigenvalue weighted by Gasteiger charge is -2.30. The molecule has 3 fully saturated rings. The molecule has 4 heteroatoms. The van der Waals surface area contributed by atoms with E-state index in [2.05, 4.69) is 15.9 Å². The minimum atomic E-state index is 0.279. The number of amides is 1. The molecule has 0 aromatic rings. The number of nitrogens with zero attached hydrogens (tertiary/aromatic N) is 2. The molecule has 1 saturated carbocycles. The summed E-state index contributed by atoms with van der Waals surface area (Å²) in [4.78, 5) is 17.7. The fourth-order valence-corrected chi connectivity index (χ4v) is 5.32. The highest BCUT2D eigenvalue weighted by Gasteiger charge is 2.51. The normalized spacial score (nSPS) is 33.2. The van der Waals surface area contributed by atoms with Gasteiger partial charge in [0.05, 0.1) is 6.61 Å². The fourth-order valence-electron chi connectivity index (χ4n) is 5.32. The van der Waals surface area contributed by atoms with E-state index in [1.165, 1.54) is 50.8 Å². The molecular weight excluding hydrogens is 312 g/mol. The van der Waals surface area contributed by atoms with Crippen LogP contribution in [-0.2, 0) is 9.53 Å². The number of hydrogen-bond acceptors (Lipinski definition) is 3. The van der Waals surface area contributed by atoms with Gasteiger partial charge in [-0.15, -0.1) is 0 Å². The summed E-state index contributed by atoms with van der Waals surface area (Å²) in [5.74, 6) is 1.89. The Labute approximate surface area is 152 Å². The lowest BCUT2D eigenvalue weighted by Crippen LogP contribution is -2.38. The van der Waals surface area contributed by atoms with Crippen molar-refractivity contribution in [2.24, 2.45) is 17.3 Å². The van der Waals surface area contributed by atoms with Crippen LogP contribution in [0.25, 0.3) is 0 Å². The van der Waals surface area contributed by atoms with Crippen LogP contribution >= 0.6 is 0 Å². The maximum Gasteiger partial charge on any atom is 0.226 e. The Kier molecular flexibility index (Phi) is 5.19. The van der Waals surface area contributed by atoms with E-state index >= 15 is 0 Å². The number of carbonyl (C=O) groups is 1. The van der Waals surface area contributed by atoms with Gasteiger partial charge in [0, 0.05) is 57.6 Å². The number of allylic oxidation sites excluding steroid dienone is 1. The Morgan fingerprint density at radius 2 is 2.20 bits per heavy atom. The first-order chi connectivity index (χ1) is 12.2. The molecule has 4 rings (SSSR count). The minimum absolute atomic E-state index is 0.279. The molecule has 0 N–H and O–H groups in total. The maximum absolute atomic E-state index is 12.8. The number of methoxy groups -OCH3 is 1. The second kappa shape index (κ2) is 7.40. The highest BCUT2D eigenvalue weighted by molar-refractivity contribution is 5.79. The average Bonchev–Trinajstić information content (AvgIpc) is 3.22. The van der Waals surface area contributed by atoms with Crippen LogP contribution in [0.15, 0.2) is 11.6 Å². The van der Waals surface area contributed by atoms with Gasteiger partial charge in [-0.05, 0) is 50.9 Å². The third-order valence-electron chi connectivity index (χ3n) is 6.97. The second-order valence-electron chi connectivity index (χ2n) is 9.00. The molecule has 4 nitrogen and oxygen atoms in total. The quantitative estimate of drug-likeness (QED) is 0.693. The van der Waals surface area contributed by atoms with Crippen molar-refractivity contribution >= 4 is 5.91 Å². The smallest absolute Gasteiger partial charge is 0.226 e. The summed E-state index contributed by atoms with van der Waals surface area (Å²) in [6.45, 7) is 6.34. The standard InChI is InChI=1S/C21H34N2O2/c1-25-14-19-13-22(12-18-7-8-18)15-21(19)9-10-23(16-21)20(24)11-17-5-3-2-4-6-17/h5,18-19H,2-4,6-16H2,1H3/t19-,21-/m1/s1. The Hall–Kier alpha value is -0.870. The fraction of sp³-hybridized carbons (Fsp3) is 0.857. The maximum atomic E-state index is 12.8. The lowest BCUT2D eigenvalue weighted by molar-refractivity contribution is -0.130. The van der Waals surface area contributed by atoms with Gasteiger partial charge in [-0.25, -0.2) is 0 Å². The summed E-state index contributed by atoms with van der Waals surface area (Å²) < 4.78 is 5.56. The predicted molar refractivity (Wildman–Crippen MR) is 99.3 cm³/mol. The first-order valence-corrected chi connectivity index (χ1v) is 10.4. The van der Waals surface area contributed by atoms with E-state index in [0.717, 1.165) is 45.0 Å². The molecule has 0 radical (unpaired) electrons. The zero-order valence-corrected chi connectivity index (χ0v) is 15.8. The van der Waals surface area contributed by atoms with Crippen molar-refractivity contribution in [1.29, 1.82) is 0 Å². The summed E-state index contributed by atoms with van der Waals surface area (Å²) in [5, 5.41) is 0. The minimum Gasteiger partial charge on any atom is -0.384 e. The van der Waals surface area contributed by atoms with Crippen molar-refractivity contribution in [2.75, 3.05) is 46.4 Å². The molecule has 140 valence electrons. The molecule has 25 heavy (non-hydrogen) atoms. The van der Waals surface area contributed by atoms with E-state index in [-0.39, 0.29) is 5.41 Å². The number of ether oxygens (including phenoxy) is 1. The molecule has 2 aliphatic carbocycles. The number of rotatable bonds is 6. The molecule has 0 bridgehead atoms. The summed E-state index contributed by atoms with van der Waals surface area (Å²) in [6.07, 6.45) is 11.8. The first-order valence-electron chi connectivity index (χ1n) is 10.4. The van der Waals surface area contributed by atoms with Gasteiger partial charge in [-0.3, -0.25) is 4.79 Å². The Morgan fingerprint density at radius 3 is 2.92 bits per heavy atom. The molecule has 2 heterocycles. The van der Waals surface area contributed by atoms with E-state index in [0.29, 0.717) is 18.2 Å². The molecule has 0 unspecified atom stereocenters. The van der Waals surface area contributed by atoms with Crippen molar-refractivity contribution in [3.63, 3.8) is 0 Å². The predicted octanol–water partition coefficient (Wildman–Crippen LogP) is 3.08. The van der Waals surface area contributed by atoms with Gasteiger partial charge in [0.25, 0.3) is 0 Å². The molecule has 4 aliphatic rings. The van der Waals surface area contributed by atoms with Crippen molar-refractivity contribution in [3.05, 3.63) is 11.6 Å². The molecule has 1 amide bonds. The Bertz CT molecular complexity index is 528. The lowest BCUT2D eigenvalue weighted by atomic mass is 9.77. The number of likely N-dealkylation sites (tertiary alicyclic amines) is 2. The average molecular weight is 347 g/mol. The van der Waals surface area contributed by atoms with Gasteiger partial charge in [0.2, 0.25) is 5.91 Å². The van der Waals surface area contributed by atoms with Crippen LogP contribution in [-0.4, -0.2) is 62.1 Å². The van der Waals surface area contributed by atoms with Gasteiger partial charge in [0.15, 0.2) is 0 Å². The third-order valence-corrected chi connectivity index (χ3v) is 6.97. The number of hydrogen-bond donors (Lipinski definition) is 0. The molecular formula is C21H34N2O2. The van der Waals surface area contributed by atoms with Crippen LogP contribution in [0.1, 0.15) is 51.4 Å². The second-order valence-corrected chi connectivity index (χ2v) is 9.00. The molecule has 2 atom stereocenters. The van der Waals surface area contributed by atoms with Crippen molar-refractivity contribution in [1.82, 2.24) is 9.80 Å². The van der Waals surface area contributed by atoms with Gasteiger partial charge in [-0.2, -0.15) is 0 Å². The van der Waals surface area contributed by atoms with Gasteiger partial charge in [-0.1, -0.05) is 11.6 Å². The van der Waals surface area contributed by atoms with Crippen LogP contribution in [0.3, 0.4) is 0 Å². The zero-order chi connectivity index (χ0) is 17.3. The molecule has 0 aromatic heterocycles. The monoisotopic (exact) mass is 346 g/mol. The van der Waals surface area contributed by atoms with Gasteiger partial charge in [0.1, 0.15) is 0 Å². The van der Waals surface area contributed by atoms with Crippen LogP contribution in [0, 0.1) is 17.3 Å². The van der Waals surface area contributed by atoms with E-state index in [1.54, 1.807) is 0 Å². The molecule has 2 saturated heterocycles. The molecule has 0 aromatic carbocycles. The van der Waals surface area contributed by atoms with Gasteiger partial charge >= 0.3 is 0 Å². The summed E-state index contributed by atoms with van der Waals surface area (Å²) in [5.41, 5.74) is 1.66. The van der Waals surface area contributed by atoms with Gasteiger partial charge < -0.3 is 14.5 Å². The van der Waals surface area contributed by atoms with E-state index in [9.17, 15) is 4.79 Å². The number of carbonyl (C=O) groups excluding carboxylic acids is 1. The van der Waals surface area contributed by atoms with E-state index in [4.69, 9.17) is 4.74 Å². The zero-order valence-electron chi connectivity index (χ0n) is 15.8. The topological polar surface area (TPSA) is 32.8 Å². The van der Waals surface area contributed by atoms with Crippen molar-refractivity contribution in [3.8, 4) is 0 Å². The summed E-state index contributed by atoms with van der Waals surface area (Å²) >= 11 is 0. The van der Waals surface area contributed by atoms with E-state index < -0.39 is 0 Å².